The first-order valence-corrected chi connectivity index (χ1v) is 13.6. The maximum Gasteiger partial charge on any atom is 0.297 e. The molecule has 0 radical (unpaired) electrons. The third-order valence-corrected chi connectivity index (χ3v) is 6.71. The van der Waals surface area contributed by atoms with Crippen molar-refractivity contribution >= 4 is 11.7 Å². The number of aliphatic hydroxyl groups is 1. The predicted octanol–water partition coefficient (Wildman–Crippen LogP) is 3.38. The zero-order chi connectivity index (χ0) is 28.0. The first kappa shape index (κ1) is 28.3. The Labute approximate surface area is 229 Å². The van der Waals surface area contributed by atoms with Crippen LogP contribution in [0, 0.1) is 0 Å². The van der Waals surface area contributed by atoms with Gasteiger partial charge in [0.15, 0.2) is 5.82 Å². The number of aliphatic hydroxyl groups excluding tert-OH is 1. The van der Waals surface area contributed by atoms with Gasteiger partial charge in [-0.05, 0) is 63.8 Å². The fourth-order valence-electron chi connectivity index (χ4n) is 4.43. The molecular formula is C30H39N5O4. The van der Waals surface area contributed by atoms with Gasteiger partial charge in [-0.3, -0.25) is 14.2 Å². The van der Waals surface area contributed by atoms with Crippen LogP contribution in [0.3, 0.4) is 0 Å². The maximum atomic E-state index is 13.7. The summed E-state index contributed by atoms with van der Waals surface area (Å²) in [5.41, 5.74) is 2.05. The topological polar surface area (TPSA) is 118 Å². The number of carbonyl (C=O) groups is 1. The lowest BCUT2D eigenvalue weighted by Gasteiger charge is -2.29. The summed E-state index contributed by atoms with van der Waals surface area (Å²) in [5.74, 6) is 0.777. The van der Waals surface area contributed by atoms with Gasteiger partial charge < -0.3 is 25.8 Å². The number of nitrogens with one attached hydrogen (secondary N) is 3. The Morgan fingerprint density at radius 2 is 2.00 bits per heavy atom. The minimum Gasteiger partial charge on any atom is -0.492 e. The minimum absolute atomic E-state index is 0.124. The molecule has 9 heteroatoms. The summed E-state index contributed by atoms with van der Waals surface area (Å²) in [5, 5.41) is 18.9. The van der Waals surface area contributed by atoms with Crippen LogP contribution >= 0.6 is 0 Å². The molecule has 0 bridgehead atoms. The van der Waals surface area contributed by atoms with Gasteiger partial charge in [0.2, 0.25) is 0 Å². The lowest BCUT2D eigenvalue weighted by atomic mass is 9.93. The molecule has 1 fully saturated rings. The number of aromatic nitrogens is 2. The Bertz CT molecular complexity index is 1350. The number of para-hydroxylation sites is 1. The summed E-state index contributed by atoms with van der Waals surface area (Å²) >= 11 is 0. The SMILES string of the molecule is CCc1ccc(C(=O)NC2CC2)cc1-n1ccnc(NC(C)(C)c2ccccc2OCCNC[C@H](C)O)c1=O. The predicted molar refractivity (Wildman–Crippen MR) is 153 cm³/mol. The van der Waals surface area contributed by atoms with Crippen LogP contribution in [0.4, 0.5) is 5.82 Å². The van der Waals surface area contributed by atoms with Gasteiger partial charge in [-0.15, -0.1) is 0 Å². The van der Waals surface area contributed by atoms with E-state index >= 15 is 0 Å². The Balaban J connectivity index is 1.57. The highest BCUT2D eigenvalue weighted by molar-refractivity contribution is 5.95. The van der Waals surface area contributed by atoms with E-state index < -0.39 is 11.6 Å². The van der Waals surface area contributed by atoms with Crippen LogP contribution in [-0.4, -0.2) is 52.4 Å². The van der Waals surface area contributed by atoms with Gasteiger partial charge in [0.05, 0.1) is 17.3 Å². The van der Waals surface area contributed by atoms with Gasteiger partial charge >= 0.3 is 0 Å². The molecule has 0 unspecified atom stereocenters. The van der Waals surface area contributed by atoms with Crippen LogP contribution in [0.25, 0.3) is 5.69 Å². The third-order valence-electron chi connectivity index (χ3n) is 6.71. The highest BCUT2D eigenvalue weighted by Crippen LogP contribution is 2.32. The van der Waals surface area contributed by atoms with E-state index in [9.17, 15) is 14.7 Å². The standard InChI is InChI=1S/C30H39N5O4/c1-5-21-10-11-22(28(37)33-23-12-13-23)18-25(21)35-16-14-32-27(29(35)38)34-30(3,4)24-8-6-7-9-26(24)39-17-15-31-19-20(2)36/h6-11,14,16,18,20,23,31,36H,5,12-13,15,17,19H2,1-4H3,(H,32,34)(H,33,37)/t20-/m0/s1. The van der Waals surface area contributed by atoms with Crippen LogP contribution in [0.15, 0.2) is 59.7 Å². The molecule has 208 valence electrons. The van der Waals surface area contributed by atoms with E-state index in [1.165, 1.54) is 0 Å². The smallest absolute Gasteiger partial charge is 0.297 e. The molecule has 2 aromatic carbocycles. The highest BCUT2D eigenvalue weighted by Gasteiger charge is 2.27. The largest absolute Gasteiger partial charge is 0.492 e. The molecule has 1 aromatic heterocycles. The average Bonchev–Trinajstić information content (AvgIpc) is 3.73. The average molecular weight is 534 g/mol. The van der Waals surface area contributed by atoms with E-state index in [4.69, 9.17) is 4.74 Å². The van der Waals surface area contributed by atoms with Gasteiger partial charge in [0, 0.05) is 42.7 Å². The van der Waals surface area contributed by atoms with Gasteiger partial charge in [-0.1, -0.05) is 31.2 Å². The molecule has 1 aliphatic rings. The van der Waals surface area contributed by atoms with Crippen LogP contribution in [0.1, 0.15) is 62.0 Å². The zero-order valence-electron chi connectivity index (χ0n) is 23.2. The second-order valence-electron chi connectivity index (χ2n) is 10.5. The first-order chi connectivity index (χ1) is 18.7. The fraction of sp³-hybridized carbons (Fsp3) is 0.433. The fourth-order valence-corrected chi connectivity index (χ4v) is 4.43. The van der Waals surface area contributed by atoms with Crippen molar-refractivity contribution in [1.29, 1.82) is 0 Å². The van der Waals surface area contributed by atoms with Crippen molar-refractivity contribution in [3.63, 3.8) is 0 Å². The number of hydrogen-bond donors (Lipinski definition) is 4. The number of anilines is 1. The van der Waals surface area contributed by atoms with Crippen LogP contribution < -0.4 is 26.2 Å². The number of ether oxygens (including phenoxy) is 1. The second-order valence-corrected chi connectivity index (χ2v) is 10.5. The quantitative estimate of drug-likeness (QED) is 0.249. The third kappa shape index (κ3) is 7.25. The highest BCUT2D eigenvalue weighted by atomic mass is 16.5. The molecular weight excluding hydrogens is 494 g/mol. The van der Waals surface area contributed by atoms with Crippen molar-refractivity contribution in [1.82, 2.24) is 20.2 Å². The number of aryl methyl sites for hydroxylation is 1. The molecule has 0 saturated heterocycles. The molecule has 4 N–H and O–H groups in total. The van der Waals surface area contributed by atoms with Crippen molar-refractivity contribution in [3.8, 4) is 11.4 Å². The number of rotatable bonds is 13. The van der Waals surface area contributed by atoms with E-state index in [2.05, 4.69) is 20.9 Å². The summed E-state index contributed by atoms with van der Waals surface area (Å²) in [6.45, 7) is 9.22. The number of amides is 1. The Morgan fingerprint density at radius 1 is 1.23 bits per heavy atom. The van der Waals surface area contributed by atoms with E-state index in [0.29, 0.717) is 43.1 Å². The van der Waals surface area contributed by atoms with Crippen molar-refractivity contribution in [2.24, 2.45) is 0 Å². The number of benzene rings is 2. The second kappa shape index (κ2) is 12.4. The Hall–Kier alpha value is -3.69. The van der Waals surface area contributed by atoms with Crippen molar-refractivity contribution in [3.05, 3.63) is 81.9 Å². The molecule has 39 heavy (non-hydrogen) atoms. The molecule has 0 aliphatic heterocycles. The van der Waals surface area contributed by atoms with Crippen molar-refractivity contribution in [2.45, 2.75) is 64.6 Å². The molecule has 9 nitrogen and oxygen atoms in total. The lowest BCUT2D eigenvalue weighted by molar-refractivity contribution is 0.0951. The van der Waals surface area contributed by atoms with E-state index in [-0.39, 0.29) is 23.3 Å². The van der Waals surface area contributed by atoms with Gasteiger partial charge in [0.25, 0.3) is 11.5 Å². The number of nitrogens with zero attached hydrogens (tertiary/aromatic N) is 2. The summed E-state index contributed by atoms with van der Waals surface area (Å²) in [6.07, 6.45) is 5.53. The normalized spacial score (nSPS) is 14.1. The molecule has 1 heterocycles. The lowest BCUT2D eigenvalue weighted by Crippen LogP contribution is -2.34. The minimum atomic E-state index is -0.686. The van der Waals surface area contributed by atoms with Crippen LogP contribution in [0.5, 0.6) is 5.75 Å². The van der Waals surface area contributed by atoms with Crippen LogP contribution in [-0.2, 0) is 12.0 Å². The molecule has 1 saturated carbocycles. The van der Waals surface area contributed by atoms with Crippen molar-refractivity contribution in [2.75, 3.05) is 25.0 Å². The molecule has 4 rings (SSSR count). The van der Waals surface area contributed by atoms with Gasteiger partial charge in [-0.25, -0.2) is 4.98 Å². The Morgan fingerprint density at radius 3 is 2.72 bits per heavy atom. The maximum absolute atomic E-state index is 13.7. The molecule has 1 aliphatic carbocycles. The summed E-state index contributed by atoms with van der Waals surface area (Å²) in [7, 11) is 0. The van der Waals surface area contributed by atoms with Gasteiger partial charge in [-0.2, -0.15) is 0 Å². The zero-order valence-corrected chi connectivity index (χ0v) is 23.2. The van der Waals surface area contributed by atoms with E-state index in [0.717, 1.165) is 24.0 Å². The monoisotopic (exact) mass is 533 g/mol. The van der Waals surface area contributed by atoms with E-state index in [1.807, 2.05) is 57.2 Å². The Kier molecular flexibility index (Phi) is 9.04. The van der Waals surface area contributed by atoms with Gasteiger partial charge in [0.1, 0.15) is 12.4 Å². The van der Waals surface area contributed by atoms with Crippen LogP contribution in [0.2, 0.25) is 0 Å². The number of hydrogen-bond acceptors (Lipinski definition) is 7. The molecule has 1 amide bonds. The summed E-state index contributed by atoms with van der Waals surface area (Å²) in [4.78, 5) is 30.7. The number of carbonyl (C=O) groups excluding carboxylic acids is 1. The summed E-state index contributed by atoms with van der Waals surface area (Å²) in [6, 6.07) is 13.4. The summed E-state index contributed by atoms with van der Waals surface area (Å²) < 4.78 is 7.59. The molecule has 3 aromatic rings. The first-order valence-electron chi connectivity index (χ1n) is 13.6. The van der Waals surface area contributed by atoms with E-state index in [1.54, 1.807) is 30.0 Å². The molecule has 0 spiro atoms. The molecule has 1 atom stereocenters. The van der Waals surface area contributed by atoms with Crippen molar-refractivity contribution < 1.29 is 14.6 Å².